The Morgan fingerprint density at radius 3 is 2.53 bits per heavy atom. The van der Waals surface area contributed by atoms with Crippen molar-refractivity contribution >= 4 is 68.4 Å². The maximum absolute atomic E-state index is 12.6. The predicted octanol–water partition coefficient (Wildman–Crippen LogP) is 7.85. The van der Waals surface area contributed by atoms with Crippen molar-refractivity contribution in [1.82, 2.24) is 0 Å². The van der Waals surface area contributed by atoms with Gasteiger partial charge in [-0.1, -0.05) is 46.9 Å². The van der Waals surface area contributed by atoms with E-state index in [-0.39, 0.29) is 12.2 Å². The Balaban J connectivity index is 1.83. The second kappa shape index (κ2) is 11.6. The first-order valence-electron chi connectivity index (χ1n) is 9.85. The van der Waals surface area contributed by atoms with E-state index in [9.17, 15) is 10.1 Å². The monoisotopic (exact) mass is 578 g/mol. The summed E-state index contributed by atoms with van der Waals surface area (Å²) >= 11 is 21.7. The van der Waals surface area contributed by atoms with Gasteiger partial charge in [0.2, 0.25) is 0 Å². The van der Waals surface area contributed by atoms with Crippen LogP contribution < -0.4 is 14.8 Å². The number of nitriles is 1. The van der Waals surface area contributed by atoms with Crippen molar-refractivity contribution in [2.24, 2.45) is 0 Å². The zero-order valence-corrected chi connectivity index (χ0v) is 21.9. The topological polar surface area (TPSA) is 71.3 Å². The summed E-state index contributed by atoms with van der Waals surface area (Å²) < 4.78 is 12.0. The number of rotatable bonds is 7. The molecule has 0 unspecified atom stereocenters. The number of methoxy groups -OCH3 is 1. The van der Waals surface area contributed by atoms with Gasteiger partial charge in [0.15, 0.2) is 11.5 Å². The number of anilines is 1. The van der Waals surface area contributed by atoms with Crippen molar-refractivity contribution in [3.63, 3.8) is 0 Å². The van der Waals surface area contributed by atoms with Crippen molar-refractivity contribution < 1.29 is 14.3 Å². The van der Waals surface area contributed by atoms with Crippen molar-refractivity contribution in [2.75, 3.05) is 12.4 Å². The molecule has 1 amide bonds. The van der Waals surface area contributed by atoms with Crippen LogP contribution in [0.1, 0.15) is 16.7 Å². The molecule has 1 N–H and O–H groups in total. The van der Waals surface area contributed by atoms with E-state index in [1.165, 1.54) is 13.2 Å². The number of benzene rings is 3. The SMILES string of the molecule is COc1cc(/C=C(/C#N)C(=O)Nc2ccc(C)c(Cl)c2)cc(Br)c1OCc1ccc(Cl)cc1Cl. The van der Waals surface area contributed by atoms with Crippen LogP contribution in [0, 0.1) is 18.3 Å². The Morgan fingerprint density at radius 2 is 1.88 bits per heavy atom. The van der Waals surface area contributed by atoms with Gasteiger partial charge in [0.25, 0.3) is 5.91 Å². The summed E-state index contributed by atoms with van der Waals surface area (Å²) in [7, 11) is 1.50. The van der Waals surface area contributed by atoms with Gasteiger partial charge in [0.1, 0.15) is 18.2 Å². The fourth-order valence-electron chi connectivity index (χ4n) is 2.94. The number of nitrogens with one attached hydrogen (secondary N) is 1. The predicted molar refractivity (Wildman–Crippen MR) is 140 cm³/mol. The van der Waals surface area contributed by atoms with Crippen molar-refractivity contribution in [1.29, 1.82) is 5.26 Å². The standard InChI is InChI=1S/C25H18BrCl3N2O3/c1-14-3-6-19(11-21(14)28)31-25(32)17(12-30)7-15-8-20(26)24(23(9-15)33-2)34-13-16-4-5-18(27)10-22(16)29/h3-11H,13H2,1-2H3,(H,31,32)/b17-7-. The Kier molecular flexibility index (Phi) is 8.87. The summed E-state index contributed by atoms with van der Waals surface area (Å²) in [4.78, 5) is 12.6. The zero-order valence-electron chi connectivity index (χ0n) is 18.1. The summed E-state index contributed by atoms with van der Waals surface area (Å²) in [6.45, 7) is 2.04. The highest BCUT2D eigenvalue weighted by Gasteiger charge is 2.15. The van der Waals surface area contributed by atoms with Gasteiger partial charge >= 0.3 is 0 Å². The van der Waals surface area contributed by atoms with Gasteiger partial charge in [0, 0.05) is 26.3 Å². The fraction of sp³-hybridized carbons (Fsp3) is 0.120. The van der Waals surface area contributed by atoms with Crippen LogP contribution in [0.5, 0.6) is 11.5 Å². The van der Waals surface area contributed by atoms with Gasteiger partial charge in [0.05, 0.1) is 11.6 Å². The summed E-state index contributed by atoms with van der Waals surface area (Å²) in [5.41, 5.74) is 2.60. The molecule has 0 heterocycles. The number of hydrogen-bond donors (Lipinski definition) is 1. The van der Waals surface area contributed by atoms with Crippen LogP contribution in [0.4, 0.5) is 5.69 Å². The van der Waals surface area contributed by atoms with Gasteiger partial charge in [-0.05, 0) is 76.5 Å². The summed E-state index contributed by atoms with van der Waals surface area (Å²) in [6.07, 6.45) is 1.46. The first-order valence-corrected chi connectivity index (χ1v) is 11.8. The van der Waals surface area contributed by atoms with Gasteiger partial charge in [-0.2, -0.15) is 5.26 Å². The number of carbonyl (C=O) groups is 1. The van der Waals surface area contributed by atoms with E-state index < -0.39 is 5.91 Å². The molecule has 174 valence electrons. The largest absolute Gasteiger partial charge is 0.493 e. The van der Waals surface area contributed by atoms with E-state index in [4.69, 9.17) is 44.3 Å². The molecule has 0 aliphatic heterocycles. The molecule has 3 aromatic rings. The van der Waals surface area contributed by atoms with Crippen LogP contribution in [0.2, 0.25) is 15.1 Å². The molecule has 0 saturated heterocycles. The van der Waals surface area contributed by atoms with Crippen LogP contribution in [-0.2, 0) is 11.4 Å². The lowest BCUT2D eigenvalue weighted by atomic mass is 10.1. The van der Waals surface area contributed by atoms with E-state index in [1.807, 2.05) is 13.0 Å². The molecular formula is C25H18BrCl3N2O3. The van der Waals surface area contributed by atoms with Gasteiger partial charge in [-0.15, -0.1) is 0 Å². The molecule has 0 bridgehead atoms. The number of hydrogen-bond acceptors (Lipinski definition) is 4. The average Bonchev–Trinajstić information content (AvgIpc) is 2.79. The molecule has 9 heteroatoms. The molecule has 0 radical (unpaired) electrons. The van der Waals surface area contributed by atoms with Gasteiger partial charge in [-0.3, -0.25) is 4.79 Å². The molecule has 0 aliphatic rings. The maximum atomic E-state index is 12.6. The molecule has 0 aliphatic carbocycles. The van der Waals surface area contributed by atoms with Crippen molar-refractivity contribution in [3.8, 4) is 17.6 Å². The molecule has 0 atom stereocenters. The van der Waals surface area contributed by atoms with E-state index >= 15 is 0 Å². The molecule has 0 aromatic heterocycles. The second-order valence-corrected chi connectivity index (χ2v) is 9.25. The van der Waals surface area contributed by atoms with Crippen molar-refractivity contribution in [2.45, 2.75) is 13.5 Å². The van der Waals surface area contributed by atoms with Crippen LogP contribution >= 0.6 is 50.7 Å². The minimum absolute atomic E-state index is 0.0905. The molecule has 34 heavy (non-hydrogen) atoms. The number of ether oxygens (including phenoxy) is 2. The Hall–Kier alpha value is -2.69. The number of amides is 1. The molecule has 0 fully saturated rings. The zero-order chi connectivity index (χ0) is 24.8. The minimum atomic E-state index is -0.560. The lowest BCUT2D eigenvalue weighted by molar-refractivity contribution is -0.112. The third kappa shape index (κ3) is 6.46. The summed E-state index contributed by atoms with van der Waals surface area (Å²) in [5, 5.41) is 13.8. The molecule has 3 aromatic carbocycles. The highest BCUT2D eigenvalue weighted by Crippen LogP contribution is 2.38. The number of halogens is 4. The first kappa shape index (κ1) is 25.9. The molecular weight excluding hydrogens is 563 g/mol. The maximum Gasteiger partial charge on any atom is 0.266 e. The highest BCUT2D eigenvalue weighted by molar-refractivity contribution is 9.10. The van der Waals surface area contributed by atoms with Crippen LogP contribution in [0.15, 0.2) is 58.6 Å². The smallest absolute Gasteiger partial charge is 0.266 e. The molecule has 0 saturated carbocycles. The fourth-order valence-corrected chi connectivity index (χ4v) is 4.15. The van der Waals surface area contributed by atoms with E-state index in [0.29, 0.717) is 42.3 Å². The number of carbonyl (C=O) groups excluding carboxylic acids is 1. The second-order valence-electron chi connectivity index (χ2n) is 7.15. The van der Waals surface area contributed by atoms with E-state index in [2.05, 4.69) is 21.2 Å². The van der Waals surface area contributed by atoms with Crippen molar-refractivity contribution in [3.05, 3.63) is 90.3 Å². The first-order chi connectivity index (χ1) is 16.2. The Labute approximate surface area is 221 Å². The third-order valence-corrected chi connectivity index (χ3v) is 6.33. The van der Waals surface area contributed by atoms with Crippen LogP contribution in [0.3, 0.4) is 0 Å². The molecule has 5 nitrogen and oxygen atoms in total. The average molecular weight is 581 g/mol. The van der Waals surface area contributed by atoms with Crippen LogP contribution in [-0.4, -0.2) is 13.0 Å². The Morgan fingerprint density at radius 1 is 1.12 bits per heavy atom. The normalized spacial score (nSPS) is 11.0. The number of aryl methyl sites for hydroxylation is 1. The Bertz CT molecular complexity index is 1320. The van der Waals surface area contributed by atoms with E-state index in [1.54, 1.807) is 48.5 Å². The number of nitrogens with zero attached hydrogens (tertiary/aromatic N) is 1. The van der Waals surface area contributed by atoms with Crippen LogP contribution in [0.25, 0.3) is 6.08 Å². The minimum Gasteiger partial charge on any atom is -0.493 e. The molecule has 3 rings (SSSR count). The lowest BCUT2D eigenvalue weighted by Gasteiger charge is -2.14. The molecule has 0 spiro atoms. The summed E-state index contributed by atoms with van der Waals surface area (Å²) in [6, 6.07) is 15.6. The van der Waals surface area contributed by atoms with Gasteiger partial charge < -0.3 is 14.8 Å². The highest BCUT2D eigenvalue weighted by atomic mass is 79.9. The quantitative estimate of drug-likeness (QED) is 0.228. The van der Waals surface area contributed by atoms with E-state index in [0.717, 1.165) is 11.1 Å². The third-order valence-electron chi connectivity index (χ3n) is 4.74. The van der Waals surface area contributed by atoms with Gasteiger partial charge in [-0.25, -0.2) is 0 Å². The lowest BCUT2D eigenvalue weighted by Crippen LogP contribution is -2.13. The summed E-state index contributed by atoms with van der Waals surface area (Å²) in [5.74, 6) is 0.298.